The highest BCUT2D eigenvalue weighted by molar-refractivity contribution is 6.30. The van der Waals surface area contributed by atoms with Gasteiger partial charge in [0.1, 0.15) is 12.4 Å². The van der Waals surface area contributed by atoms with Crippen molar-refractivity contribution in [3.63, 3.8) is 0 Å². The van der Waals surface area contributed by atoms with Gasteiger partial charge in [0.25, 0.3) is 0 Å². The summed E-state index contributed by atoms with van der Waals surface area (Å²) in [4.78, 5) is 26.4. The lowest BCUT2D eigenvalue weighted by Crippen LogP contribution is -2.44. The Morgan fingerprint density at radius 3 is 2.61 bits per heavy atom. The normalized spacial score (nSPS) is 13.3. The zero-order valence-corrected chi connectivity index (χ0v) is 15.9. The van der Waals surface area contributed by atoms with Crippen molar-refractivity contribution in [2.75, 3.05) is 11.4 Å². The zero-order valence-electron chi connectivity index (χ0n) is 15.1. The molecule has 28 heavy (non-hydrogen) atoms. The molecule has 0 saturated carbocycles. The molecule has 0 aliphatic carbocycles. The van der Waals surface area contributed by atoms with Crippen LogP contribution in [0.1, 0.15) is 12.0 Å². The quantitative estimate of drug-likeness (QED) is 0.722. The van der Waals surface area contributed by atoms with Crippen molar-refractivity contribution in [2.24, 2.45) is 0 Å². The number of nitrogens with one attached hydrogen (secondary N) is 1. The third-order valence-electron chi connectivity index (χ3n) is 4.65. The molecule has 2 heterocycles. The Morgan fingerprint density at radius 2 is 1.86 bits per heavy atom. The molecule has 2 amide bonds. The highest BCUT2D eigenvalue weighted by Crippen LogP contribution is 2.27. The van der Waals surface area contributed by atoms with Crippen LogP contribution in [-0.2, 0) is 22.7 Å². The van der Waals surface area contributed by atoms with Gasteiger partial charge in [-0.1, -0.05) is 54.1 Å². The van der Waals surface area contributed by atoms with Gasteiger partial charge in [0, 0.05) is 29.6 Å². The minimum Gasteiger partial charge on any atom is -0.350 e. The number of anilines is 1. The average molecular weight is 395 g/mol. The van der Waals surface area contributed by atoms with Crippen molar-refractivity contribution in [1.82, 2.24) is 15.1 Å². The van der Waals surface area contributed by atoms with E-state index in [0.717, 1.165) is 16.8 Å². The highest BCUT2D eigenvalue weighted by atomic mass is 35.5. The summed E-state index contributed by atoms with van der Waals surface area (Å²) in [7, 11) is 0. The molecule has 7 heteroatoms. The van der Waals surface area contributed by atoms with Crippen LogP contribution in [0.3, 0.4) is 0 Å². The molecule has 2 aromatic carbocycles. The van der Waals surface area contributed by atoms with Gasteiger partial charge in [0.05, 0.1) is 12.2 Å². The van der Waals surface area contributed by atoms with E-state index in [0.29, 0.717) is 30.4 Å². The minimum absolute atomic E-state index is 0.0354. The molecule has 0 saturated heterocycles. The number of aryl methyl sites for hydroxylation is 1. The van der Waals surface area contributed by atoms with E-state index in [1.54, 1.807) is 16.8 Å². The molecule has 0 bridgehead atoms. The summed E-state index contributed by atoms with van der Waals surface area (Å²) >= 11 is 5.87. The highest BCUT2D eigenvalue weighted by Gasteiger charge is 2.28. The van der Waals surface area contributed by atoms with Crippen molar-refractivity contribution >= 4 is 29.2 Å². The molecule has 0 atom stereocenters. The van der Waals surface area contributed by atoms with Crippen LogP contribution in [0.25, 0.3) is 11.3 Å². The summed E-state index contributed by atoms with van der Waals surface area (Å²) in [6.07, 6.45) is 0.327. The van der Waals surface area contributed by atoms with Crippen molar-refractivity contribution < 1.29 is 9.59 Å². The third kappa shape index (κ3) is 3.92. The monoisotopic (exact) mass is 394 g/mol. The maximum absolute atomic E-state index is 12.4. The van der Waals surface area contributed by atoms with Crippen LogP contribution in [0.5, 0.6) is 0 Å². The Labute approximate surface area is 167 Å². The number of rotatable bonds is 5. The topological polar surface area (TPSA) is 67.2 Å². The van der Waals surface area contributed by atoms with Gasteiger partial charge in [-0.05, 0) is 17.7 Å². The van der Waals surface area contributed by atoms with Crippen LogP contribution >= 0.6 is 11.6 Å². The van der Waals surface area contributed by atoms with Crippen LogP contribution < -0.4 is 10.2 Å². The molecule has 142 valence electrons. The second-order valence-electron chi connectivity index (χ2n) is 6.61. The summed E-state index contributed by atoms with van der Waals surface area (Å²) in [5.74, 6) is 0.351. The van der Waals surface area contributed by atoms with E-state index in [9.17, 15) is 9.59 Å². The van der Waals surface area contributed by atoms with Crippen LogP contribution in [0.4, 0.5) is 5.82 Å². The predicted molar refractivity (Wildman–Crippen MR) is 108 cm³/mol. The van der Waals surface area contributed by atoms with Gasteiger partial charge >= 0.3 is 0 Å². The van der Waals surface area contributed by atoms with Gasteiger partial charge in [-0.2, -0.15) is 5.10 Å². The first-order chi connectivity index (χ1) is 13.6. The fourth-order valence-corrected chi connectivity index (χ4v) is 3.30. The fraction of sp³-hybridized carbons (Fsp3) is 0.190. The van der Waals surface area contributed by atoms with Crippen LogP contribution in [0.2, 0.25) is 5.02 Å². The molecular weight excluding hydrogens is 376 g/mol. The summed E-state index contributed by atoms with van der Waals surface area (Å²) < 4.78 is 1.79. The molecule has 1 N–H and O–H groups in total. The van der Waals surface area contributed by atoms with Crippen LogP contribution in [0.15, 0.2) is 60.7 Å². The number of benzene rings is 2. The van der Waals surface area contributed by atoms with Gasteiger partial charge in [-0.15, -0.1) is 0 Å². The van der Waals surface area contributed by atoms with E-state index in [2.05, 4.69) is 10.4 Å². The average Bonchev–Trinajstić information content (AvgIpc) is 3.15. The number of halogens is 1. The van der Waals surface area contributed by atoms with E-state index in [1.165, 1.54) is 4.90 Å². The summed E-state index contributed by atoms with van der Waals surface area (Å²) in [6.45, 7) is 0.864. The Balaban J connectivity index is 1.47. The number of fused-ring (bicyclic) bond motifs is 1. The molecule has 1 aromatic heterocycles. The maximum Gasteiger partial charge on any atom is 0.240 e. The molecule has 6 nitrogen and oxygen atoms in total. The number of carbonyl (C=O) groups excluding carboxylic acids is 2. The summed E-state index contributed by atoms with van der Waals surface area (Å²) in [5, 5.41) is 8.09. The van der Waals surface area contributed by atoms with E-state index >= 15 is 0 Å². The molecule has 1 aliphatic heterocycles. The fourth-order valence-electron chi connectivity index (χ4n) is 3.17. The van der Waals surface area contributed by atoms with Gasteiger partial charge in [0.15, 0.2) is 0 Å². The molecule has 4 rings (SSSR count). The number of hydrogen-bond acceptors (Lipinski definition) is 3. The Kier molecular flexibility index (Phi) is 5.12. The lowest BCUT2D eigenvalue weighted by Gasteiger charge is -2.26. The predicted octanol–water partition coefficient (Wildman–Crippen LogP) is 3.26. The van der Waals surface area contributed by atoms with E-state index in [1.807, 2.05) is 48.5 Å². The number of nitrogens with zero attached hydrogens (tertiary/aromatic N) is 3. The second-order valence-corrected chi connectivity index (χ2v) is 7.05. The summed E-state index contributed by atoms with van der Waals surface area (Å²) in [6, 6.07) is 18.9. The second kappa shape index (κ2) is 7.86. The number of hydrogen-bond donors (Lipinski definition) is 1. The first-order valence-corrected chi connectivity index (χ1v) is 9.43. The molecule has 0 spiro atoms. The van der Waals surface area contributed by atoms with Gasteiger partial charge < -0.3 is 5.32 Å². The van der Waals surface area contributed by atoms with E-state index in [-0.39, 0.29) is 18.4 Å². The molecule has 0 fully saturated rings. The van der Waals surface area contributed by atoms with Gasteiger partial charge in [-0.25, -0.2) is 4.68 Å². The molecule has 0 radical (unpaired) electrons. The SMILES string of the molecule is O=C(CN1C(=O)CCn2nc(-c3ccccc3)cc21)NCc1ccc(Cl)cc1. The van der Waals surface area contributed by atoms with Crippen molar-refractivity contribution in [3.05, 3.63) is 71.2 Å². The third-order valence-corrected chi connectivity index (χ3v) is 4.90. The Morgan fingerprint density at radius 1 is 1.11 bits per heavy atom. The zero-order chi connectivity index (χ0) is 19.5. The Bertz CT molecular complexity index is 999. The number of carbonyl (C=O) groups is 2. The maximum atomic E-state index is 12.4. The summed E-state index contributed by atoms with van der Waals surface area (Å²) in [5.41, 5.74) is 2.71. The van der Waals surface area contributed by atoms with E-state index < -0.39 is 0 Å². The Hall–Kier alpha value is -3.12. The van der Waals surface area contributed by atoms with Gasteiger partial charge in [-0.3, -0.25) is 14.5 Å². The number of aromatic nitrogens is 2. The molecule has 0 unspecified atom stereocenters. The van der Waals surface area contributed by atoms with Crippen molar-refractivity contribution in [2.45, 2.75) is 19.5 Å². The van der Waals surface area contributed by atoms with Gasteiger partial charge in [0.2, 0.25) is 11.8 Å². The van der Waals surface area contributed by atoms with Crippen molar-refractivity contribution in [1.29, 1.82) is 0 Å². The van der Waals surface area contributed by atoms with Crippen LogP contribution in [-0.4, -0.2) is 28.1 Å². The lowest BCUT2D eigenvalue weighted by molar-refractivity contribution is -0.124. The van der Waals surface area contributed by atoms with Crippen LogP contribution in [0, 0.1) is 0 Å². The van der Waals surface area contributed by atoms with E-state index in [4.69, 9.17) is 11.6 Å². The lowest BCUT2D eigenvalue weighted by atomic mass is 10.1. The largest absolute Gasteiger partial charge is 0.350 e. The smallest absolute Gasteiger partial charge is 0.240 e. The first kappa shape index (κ1) is 18.3. The van der Waals surface area contributed by atoms with Crippen molar-refractivity contribution in [3.8, 4) is 11.3 Å². The molecule has 1 aliphatic rings. The molecular formula is C21H19ClN4O2. The molecule has 3 aromatic rings. The standard InChI is InChI=1S/C21H19ClN4O2/c22-17-8-6-15(7-9-17)13-23-19(27)14-25-20-12-18(16-4-2-1-3-5-16)24-26(20)11-10-21(25)28/h1-9,12H,10-11,13-14H2,(H,23,27). The minimum atomic E-state index is -0.223. The number of amides is 2. The first-order valence-electron chi connectivity index (χ1n) is 9.05.